The molecule has 2 aliphatic heterocycles. The SMILES string of the molecule is CN=C(NCc1ccc(N2CCC(C)CC2)nc1)N1CCC(C)CC1.I. The Morgan fingerprint density at radius 1 is 1.08 bits per heavy atom. The zero-order valence-electron chi connectivity index (χ0n) is 16.4. The Bertz CT molecular complexity index is 558. The van der Waals surface area contributed by atoms with E-state index in [1.807, 2.05) is 13.2 Å². The first kappa shape index (κ1) is 21.3. The van der Waals surface area contributed by atoms with Crippen molar-refractivity contribution in [2.45, 2.75) is 46.1 Å². The molecule has 0 aromatic carbocycles. The highest BCUT2D eigenvalue weighted by Gasteiger charge is 2.19. The van der Waals surface area contributed by atoms with Gasteiger partial charge in [0.2, 0.25) is 0 Å². The van der Waals surface area contributed by atoms with Crippen LogP contribution in [-0.2, 0) is 6.54 Å². The van der Waals surface area contributed by atoms with Crippen molar-refractivity contribution >= 4 is 35.8 Å². The molecule has 0 atom stereocenters. The lowest BCUT2D eigenvalue weighted by Gasteiger charge is -2.33. The Hall–Kier alpha value is -1.05. The second kappa shape index (κ2) is 10.3. The molecule has 0 radical (unpaired) electrons. The maximum Gasteiger partial charge on any atom is 0.193 e. The standard InChI is InChI=1S/C20H33N5.HI/c1-16-6-10-24(11-7-16)19-5-4-18(14-22-19)15-23-20(21-3)25-12-8-17(2)9-13-25;/h4-5,14,16-17H,6-13,15H2,1-3H3,(H,21,23);1H. The number of rotatable bonds is 3. The summed E-state index contributed by atoms with van der Waals surface area (Å²) in [6, 6.07) is 4.36. The lowest BCUT2D eigenvalue weighted by molar-refractivity contribution is 0.273. The van der Waals surface area contributed by atoms with Crippen molar-refractivity contribution in [3.63, 3.8) is 0 Å². The van der Waals surface area contributed by atoms with E-state index in [4.69, 9.17) is 0 Å². The van der Waals surface area contributed by atoms with E-state index in [1.54, 1.807) is 0 Å². The highest BCUT2D eigenvalue weighted by molar-refractivity contribution is 14.0. The fourth-order valence-electron chi connectivity index (χ4n) is 3.68. The van der Waals surface area contributed by atoms with Crippen molar-refractivity contribution in [2.75, 3.05) is 38.1 Å². The van der Waals surface area contributed by atoms with Crippen LogP contribution >= 0.6 is 24.0 Å². The number of guanidine groups is 1. The molecule has 3 heterocycles. The molecule has 5 nitrogen and oxygen atoms in total. The van der Waals surface area contributed by atoms with Gasteiger partial charge < -0.3 is 15.1 Å². The zero-order valence-corrected chi connectivity index (χ0v) is 18.8. The van der Waals surface area contributed by atoms with E-state index in [0.29, 0.717) is 0 Å². The van der Waals surface area contributed by atoms with Crippen LogP contribution in [0.15, 0.2) is 23.3 Å². The van der Waals surface area contributed by atoms with Crippen LogP contribution in [0.4, 0.5) is 5.82 Å². The molecule has 1 N–H and O–H groups in total. The second-order valence-corrected chi connectivity index (χ2v) is 7.76. The fraction of sp³-hybridized carbons (Fsp3) is 0.700. The van der Waals surface area contributed by atoms with E-state index in [0.717, 1.165) is 56.3 Å². The lowest BCUT2D eigenvalue weighted by Crippen LogP contribution is -2.45. The smallest absolute Gasteiger partial charge is 0.193 e. The van der Waals surface area contributed by atoms with Crippen molar-refractivity contribution in [1.29, 1.82) is 0 Å². The fourth-order valence-corrected chi connectivity index (χ4v) is 3.68. The van der Waals surface area contributed by atoms with Crippen LogP contribution in [0.5, 0.6) is 0 Å². The predicted octanol–water partition coefficient (Wildman–Crippen LogP) is 3.74. The van der Waals surface area contributed by atoms with E-state index in [-0.39, 0.29) is 24.0 Å². The molecule has 1 aromatic rings. The first-order valence-corrected chi connectivity index (χ1v) is 9.81. The molecule has 3 rings (SSSR count). The summed E-state index contributed by atoms with van der Waals surface area (Å²) in [7, 11) is 1.87. The van der Waals surface area contributed by atoms with Crippen molar-refractivity contribution in [1.82, 2.24) is 15.2 Å². The third-order valence-electron chi connectivity index (χ3n) is 5.66. The molecule has 0 spiro atoms. The minimum Gasteiger partial charge on any atom is -0.357 e. The molecule has 0 unspecified atom stereocenters. The lowest BCUT2D eigenvalue weighted by atomic mass is 9.99. The highest BCUT2D eigenvalue weighted by atomic mass is 127. The average Bonchev–Trinajstić information content (AvgIpc) is 2.65. The Kier molecular flexibility index (Phi) is 8.44. The largest absolute Gasteiger partial charge is 0.357 e. The van der Waals surface area contributed by atoms with E-state index < -0.39 is 0 Å². The Morgan fingerprint density at radius 3 is 2.23 bits per heavy atom. The van der Waals surface area contributed by atoms with E-state index in [2.05, 4.69) is 51.1 Å². The molecule has 2 saturated heterocycles. The van der Waals surface area contributed by atoms with Crippen LogP contribution in [0.1, 0.15) is 45.1 Å². The van der Waals surface area contributed by atoms with Gasteiger partial charge >= 0.3 is 0 Å². The summed E-state index contributed by atoms with van der Waals surface area (Å²) in [6.07, 6.45) is 7.06. The van der Waals surface area contributed by atoms with Crippen molar-refractivity contribution in [2.24, 2.45) is 16.8 Å². The van der Waals surface area contributed by atoms with Gasteiger partial charge in [0.25, 0.3) is 0 Å². The second-order valence-electron chi connectivity index (χ2n) is 7.76. The van der Waals surface area contributed by atoms with Gasteiger partial charge in [0.15, 0.2) is 5.96 Å². The summed E-state index contributed by atoms with van der Waals surface area (Å²) >= 11 is 0. The van der Waals surface area contributed by atoms with Gasteiger partial charge in [0.05, 0.1) is 0 Å². The Labute approximate surface area is 175 Å². The van der Waals surface area contributed by atoms with E-state index in [9.17, 15) is 0 Å². The van der Waals surface area contributed by atoms with Crippen LogP contribution in [0.3, 0.4) is 0 Å². The first-order valence-electron chi connectivity index (χ1n) is 9.81. The zero-order chi connectivity index (χ0) is 17.6. The van der Waals surface area contributed by atoms with Crippen LogP contribution in [0.2, 0.25) is 0 Å². The molecule has 2 fully saturated rings. The van der Waals surface area contributed by atoms with Gasteiger partial charge in [-0.1, -0.05) is 19.9 Å². The Morgan fingerprint density at radius 2 is 1.69 bits per heavy atom. The summed E-state index contributed by atoms with van der Waals surface area (Å²) < 4.78 is 0. The molecule has 0 saturated carbocycles. The van der Waals surface area contributed by atoms with E-state index >= 15 is 0 Å². The van der Waals surface area contributed by atoms with Gasteiger partial charge in [-0.3, -0.25) is 4.99 Å². The third kappa shape index (κ3) is 5.72. The molecule has 6 heteroatoms. The summed E-state index contributed by atoms with van der Waals surface area (Å²) in [4.78, 5) is 13.9. The number of aliphatic imine (C=N–C) groups is 1. The molecule has 26 heavy (non-hydrogen) atoms. The quantitative estimate of drug-likeness (QED) is 0.415. The van der Waals surface area contributed by atoms with Crippen molar-refractivity contribution in [3.8, 4) is 0 Å². The van der Waals surface area contributed by atoms with Gasteiger partial charge in [-0.25, -0.2) is 4.98 Å². The monoisotopic (exact) mass is 471 g/mol. The van der Waals surface area contributed by atoms with Crippen LogP contribution < -0.4 is 10.2 Å². The molecule has 0 amide bonds. The minimum absolute atomic E-state index is 0. The third-order valence-corrected chi connectivity index (χ3v) is 5.66. The maximum atomic E-state index is 4.69. The van der Waals surface area contributed by atoms with Crippen LogP contribution in [0, 0.1) is 11.8 Å². The molecule has 146 valence electrons. The molecule has 0 aliphatic carbocycles. The number of nitrogens with zero attached hydrogens (tertiary/aromatic N) is 4. The predicted molar refractivity (Wildman–Crippen MR) is 120 cm³/mol. The summed E-state index contributed by atoms with van der Waals surface area (Å²) in [5.74, 6) is 3.82. The van der Waals surface area contributed by atoms with Crippen molar-refractivity contribution < 1.29 is 0 Å². The number of anilines is 1. The normalized spacial score (nSPS) is 20.0. The van der Waals surface area contributed by atoms with Gasteiger partial charge in [-0.2, -0.15) is 0 Å². The maximum absolute atomic E-state index is 4.69. The van der Waals surface area contributed by atoms with E-state index in [1.165, 1.54) is 31.2 Å². The summed E-state index contributed by atoms with van der Waals surface area (Å²) in [6.45, 7) is 9.93. The summed E-state index contributed by atoms with van der Waals surface area (Å²) in [5, 5.41) is 3.50. The van der Waals surface area contributed by atoms with Gasteiger partial charge in [-0.15, -0.1) is 24.0 Å². The Balaban J connectivity index is 0.00000243. The molecular weight excluding hydrogens is 437 g/mol. The van der Waals surface area contributed by atoms with Gasteiger partial charge in [-0.05, 0) is 49.1 Å². The molecular formula is C20H34IN5. The number of likely N-dealkylation sites (tertiary alicyclic amines) is 1. The number of nitrogens with one attached hydrogen (secondary N) is 1. The van der Waals surface area contributed by atoms with Gasteiger partial charge in [0, 0.05) is 46.0 Å². The molecule has 2 aliphatic rings. The number of hydrogen-bond acceptors (Lipinski definition) is 3. The number of pyridine rings is 1. The van der Waals surface area contributed by atoms with Crippen LogP contribution in [0.25, 0.3) is 0 Å². The number of halogens is 1. The average molecular weight is 471 g/mol. The highest BCUT2D eigenvalue weighted by Crippen LogP contribution is 2.21. The number of aromatic nitrogens is 1. The molecule has 1 aromatic heterocycles. The van der Waals surface area contributed by atoms with Gasteiger partial charge in [0.1, 0.15) is 5.82 Å². The summed E-state index contributed by atoms with van der Waals surface area (Å²) in [5.41, 5.74) is 1.21. The molecule has 0 bridgehead atoms. The topological polar surface area (TPSA) is 43.8 Å². The first-order chi connectivity index (χ1) is 12.2. The number of hydrogen-bond donors (Lipinski definition) is 1. The van der Waals surface area contributed by atoms with Crippen LogP contribution in [-0.4, -0.2) is 49.1 Å². The number of piperidine rings is 2. The minimum atomic E-state index is 0. The van der Waals surface area contributed by atoms with Crippen molar-refractivity contribution in [3.05, 3.63) is 23.9 Å².